The van der Waals surface area contributed by atoms with E-state index in [2.05, 4.69) is 37.6 Å². The zero-order chi connectivity index (χ0) is 6.41. The van der Waals surface area contributed by atoms with Gasteiger partial charge in [-0.1, -0.05) is 25.3 Å². The Balaban J connectivity index is 4.03. The Morgan fingerprint density at radius 1 is 1.50 bits per heavy atom. The van der Waals surface area contributed by atoms with Crippen LogP contribution in [0.2, 0.25) is 0 Å². The lowest BCUT2D eigenvalue weighted by molar-refractivity contribution is 0.833. The maximum atomic E-state index is 3.34. The average molecular weight is 106 g/mol. The van der Waals surface area contributed by atoms with E-state index in [0.29, 0.717) is 5.92 Å². The van der Waals surface area contributed by atoms with Crippen molar-refractivity contribution >= 4 is 0 Å². The Hall–Kier alpha value is -0.920. The predicted octanol–water partition coefficient (Wildman–Crippen LogP) is 2.29. The number of allylic oxidation sites excluding steroid dienone is 1. The Labute approximate surface area is 50.5 Å². The van der Waals surface area contributed by atoms with E-state index in [9.17, 15) is 0 Å². The summed E-state index contributed by atoms with van der Waals surface area (Å²) in [4.78, 5) is 0. The Kier molecular flexibility index (Phi) is 3.76. The molecule has 0 aromatic carbocycles. The van der Waals surface area contributed by atoms with Crippen molar-refractivity contribution in [3.05, 3.63) is 29.8 Å². The van der Waals surface area contributed by atoms with E-state index >= 15 is 0 Å². The van der Waals surface area contributed by atoms with Gasteiger partial charge < -0.3 is 0 Å². The second kappa shape index (κ2) is 4.24. The Bertz CT molecular complexity index is 156. The highest BCUT2D eigenvalue weighted by Gasteiger charge is 1.77. The molecule has 0 spiro atoms. The van der Waals surface area contributed by atoms with Crippen LogP contribution in [0.5, 0.6) is 0 Å². The fraction of sp³-hybridized carbons (Fsp3) is 0.375. The molecule has 0 atom stereocenters. The SMILES string of the molecule is C=C=C=C=CC(C)C. The molecule has 0 N–H and O–H groups in total. The van der Waals surface area contributed by atoms with Crippen LogP contribution in [0.25, 0.3) is 0 Å². The molecule has 42 valence electrons. The smallest absolute Gasteiger partial charge is 0.0200 e. The molecule has 0 rings (SSSR count). The lowest BCUT2D eigenvalue weighted by Crippen LogP contribution is -1.72. The van der Waals surface area contributed by atoms with Gasteiger partial charge in [0.05, 0.1) is 0 Å². The number of hydrogen-bond acceptors (Lipinski definition) is 0. The van der Waals surface area contributed by atoms with E-state index in [0.717, 1.165) is 0 Å². The van der Waals surface area contributed by atoms with Crippen molar-refractivity contribution in [3.8, 4) is 0 Å². The summed E-state index contributed by atoms with van der Waals surface area (Å²) in [7, 11) is 0. The molecule has 0 aliphatic heterocycles. The van der Waals surface area contributed by atoms with Crippen LogP contribution in [0, 0.1) is 5.92 Å². The van der Waals surface area contributed by atoms with Gasteiger partial charge in [-0.3, -0.25) is 0 Å². The van der Waals surface area contributed by atoms with E-state index in [4.69, 9.17) is 0 Å². The second-order valence-electron chi connectivity index (χ2n) is 1.86. The summed E-state index contributed by atoms with van der Waals surface area (Å²) in [5.74, 6) is 0.538. The van der Waals surface area contributed by atoms with E-state index in [1.165, 1.54) is 0 Å². The first-order chi connectivity index (χ1) is 3.77. The van der Waals surface area contributed by atoms with Crippen molar-refractivity contribution in [2.75, 3.05) is 0 Å². The van der Waals surface area contributed by atoms with Gasteiger partial charge in [-0.15, -0.1) is 0 Å². The first-order valence-corrected chi connectivity index (χ1v) is 2.63. The molecule has 0 saturated heterocycles. The van der Waals surface area contributed by atoms with Gasteiger partial charge in [0.25, 0.3) is 0 Å². The molecule has 0 amide bonds. The minimum Gasteiger partial charge on any atom is -0.0693 e. The highest BCUT2D eigenvalue weighted by atomic mass is 13.8. The number of hydrogen-bond donors (Lipinski definition) is 0. The summed E-state index contributed by atoms with van der Waals surface area (Å²) < 4.78 is 0. The molecular formula is C8H10. The minimum atomic E-state index is 0.538. The summed E-state index contributed by atoms with van der Waals surface area (Å²) in [5, 5.41) is 0. The second-order valence-corrected chi connectivity index (χ2v) is 1.86. The standard InChI is InChI=1S/C8H10/c1-4-5-6-7-8(2)3/h7-8H,1H2,2-3H3. The van der Waals surface area contributed by atoms with Crippen molar-refractivity contribution in [3.63, 3.8) is 0 Å². The van der Waals surface area contributed by atoms with Gasteiger partial charge >= 0.3 is 0 Å². The van der Waals surface area contributed by atoms with Crippen LogP contribution in [0.3, 0.4) is 0 Å². The summed E-state index contributed by atoms with van der Waals surface area (Å²) in [6, 6.07) is 0. The van der Waals surface area contributed by atoms with Gasteiger partial charge in [0.1, 0.15) is 0 Å². The van der Waals surface area contributed by atoms with Gasteiger partial charge in [0.2, 0.25) is 0 Å². The van der Waals surface area contributed by atoms with Gasteiger partial charge in [0.15, 0.2) is 0 Å². The predicted molar refractivity (Wildman–Crippen MR) is 35.6 cm³/mol. The van der Waals surface area contributed by atoms with Crippen LogP contribution in [-0.4, -0.2) is 0 Å². The molecular weight excluding hydrogens is 96.1 g/mol. The molecule has 0 radical (unpaired) electrons. The lowest BCUT2D eigenvalue weighted by Gasteiger charge is -1.83. The summed E-state index contributed by atoms with van der Waals surface area (Å²) in [5.41, 5.74) is 7.88. The van der Waals surface area contributed by atoms with E-state index in [-0.39, 0.29) is 0 Å². The molecule has 0 fully saturated rings. The summed E-state index contributed by atoms with van der Waals surface area (Å²) in [6.07, 6.45) is 1.91. The van der Waals surface area contributed by atoms with Crippen LogP contribution in [0.1, 0.15) is 13.8 Å². The summed E-state index contributed by atoms with van der Waals surface area (Å²) in [6.45, 7) is 7.50. The normalized spacial score (nSPS) is 6.88. The van der Waals surface area contributed by atoms with Crippen LogP contribution >= 0.6 is 0 Å². The molecule has 8 heavy (non-hydrogen) atoms. The molecule has 0 unspecified atom stereocenters. The third-order valence-electron chi connectivity index (χ3n) is 0.577. The highest BCUT2D eigenvalue weighted by molar-refractivity contribution is 4.85. The average Bonchev–Trinajstić information content (AvgIpc) is 1.66. The Morgan fingerprint density at radius 2 is 2.12 bits per heavy atom. The third-order valence-corrected chi connectivity index (χ3v) is 0.577. The van der Waals surface area contributed by atoms with Crippen molar-refractivity contribution in [2.45, 2.75) is 13.8 Å². The van der Waals surface area contributed by atoms with Gasteiger partial charge in [-0.25, -0.2) is 0 Å². The zero-order valence-electron chi connectivity index (χ0n) is 5.36. The molecule has 0 aliphatic carbocycles. The van der Waals surface area contributed by atoms with Crippen molar-refractivity contribution < 1.29 is 0 Å². The van der Waals surface area contributed by atoms with Crippen LogP contribution in [0.4, 0.5) is 0 Å². The number of rotatable bonds is 1. The first-order valence-electron chi connectivity index (χ1n) is 2.63. The van der Waals surface area contributed by atoms with Crippen LogP contribution in [-0.2, 0) is 0 Å². The fourth-order valence-electron chi connectivity index (χ4n) is 0.259. The molecule has 0 aliphatic rings. The minimum absolute atomic E-state index is 0.538. The fourth-order valence-corrected chi connectivity index (χ4v) is 0.259. The molecule has 0 saturated carbocycles. The lowest BCUT2D eigenvalue weighted by atomic mass is 10.2. The molecule has 0 bridgehead atoms. The van der Waals surface area contributed by atoms with Gasteiger partial charge in [-0.05, 0) is 24.3 Å². The maximum absolute atomic E-state index is 3.34. The van der Waals surface area contributed by atoms with E-state index < -0.39 is 0 Å². The quantitative estimate of drug-likeness (QED) is 0.450. The third kappa shape index (κ3) is 5.08. The summed E-state index contributed by atoms with van der Waals surface area (Å²) >= 11 is 0. The Morgan fingerprint density at radius 3 is 2.50 bits per heavy atom. The zero-order valence-corrected chi connectivity index (χ0v) is 5.36. The van der Waals surface area contributed by atoms with E-state index in [1.54, 1.807) is 0 Å². The molecule has 0 heterocycles. The maximum Gasteiger partial charge on any atom is -0.0200 e. The highest BCUT2D eigenvalue weighted by Crippen LogP contribution is 1.89. The van der Waals surface area contributed by atoms with Crippen molar-refractivity contribution in [1.82, 2.24) is 0 Å². The van der Waals surface area contributed by atoms with E-state index in [1.807, 2.05) is 6.08 Å². The molecule has 0 nitrogen and oxygen atoms in total. The topological polar surface area (TPSA) is 0 Å². The van der Waals surface area contributed by atoms with Gasteiger partial charge in [0, 0.05) is 0 Å². The van der Waals surface area contributed by atoms with Crippen molar-refractivity contribution in [1.29, 1.82) is 0 Å². The van der Waals surface area contributed by atoms with Crippen molar-refractivity contribution in [2.24, 2.45) is 5.92 Å². The van der Waals surface area contributed by atoms with Crippen LogP contribution < -0.4 is 0 Å². The van der Waals surface area contributed by atoms with Crippen LogP contribution in [0.15, 0.2) is 29.8 Å². The first kappa shape index (κ1) is 7.08. The molecule has 0 aromatic heterocycles. The largest absolute Gasteiger partial charge is 0.0693 e. The molecule has 0 aromatic rings. The monoisotopic (exact) mass is 106 g/mol. The molecule has 0 heteroatoms. The van der Waals surface area contributed by atoms with Gasteiger partial charge in [-0.2, -0.15) is 0 Å².